The summed E-state index contributed by atoms with van der Waals surface area (Å²) < 4.78 is 11.2. The molecule has 0 saturated carbocycles. The Bertz CT molecular complexity index is 816. The molecule has 2 aromatic rings. The van der Waals surface area contributed by atoms with Crippen LogP contribution in [0.15, 0.2) is 29.1 Å². The first kappa shape index (κ1) is 17.6. The number of methoxy groups -OCH3 is 1. The molecule has 0 aliphatic carbocycles. The smallest absolute Gasteiger partial charge is 0.266 e. The number of pyridine rings is 1. The van der Waals surface area contributed by atoms with Crippen LogP contribution >= 0.6 is 0 Å². The zero-order chi connectivity index (χ0) is 17.7. The van der Waals surface area contributed by atoms with Gasteiger partial charge in [-0.1, -0.05) is 19.9 Å². The van der Waals surface area contributed by atoms with E-state index in [1.807, 2.05) is 18.2 Å². The van der Waals surface area contributed by atoms with Gasteiger partial charge in [-0.05, 0) is 43.0 Å². The number of aromatic nitrogens is 1. The fourth-order valence-electron chi connectivity index (χ4n) is 2.39. The number of nitrogens with one attached hydrogen (secondary N) is 1. The minimum absolute atomic E-state index is 0.0936. The van der Waals surface area contributed by atoms with Crippen LogP contribution in [-0.4, -0.2) is 18.7 Å². The fraction of sp³-hybridized carbons (Fsp3) is 0.368. The maximum absolute atomic E-state index is 12.0. The molecule has 0 saturated heterocycles. The third-order valence-electron chi connectivity index (χ3n) is 3.71. The number of hydrogen-bond acceptors (Lipinski definition) is 4. The van der Waals surface area contributed by atoms with Crippen molar-refractivity contribution >= 4 is 0 Å². The summed E-state index contributed by atoms with van der Waals surface area (Å²) in [4.78, 5) is 14.6. The lowest BCUT2D eigenvalue weighted by molar-refractivity contribution is 0.273. The minimum atomic E-state index is -0.385. The summed E-state index contributed by atoms with van der Waals surface area (Å²) in [6, 6.07) is 9.20. The predicted octanol–water partition coefficient (Wildman–Crippen LogP) is 3.66. The first-order chi connectivity index (χ1) is 11.5. The zero-order valence-electron chi connectivity index (χ0n) is 14.5. The van der Waals surface area contributed by atoms with Gasteiger partial charge in [0.25, 0.3) is 5.56 Å². The molecule has 0 amide bonds. The Balaban J connectivity index is 2.40. The van der Waals surface area contributed by atoms with Crippen molar-refractivity contribution in [3.63, 3.8) is 0 Å². The van der Waals surface area contributed by atoms with Crippen LogP contribution in [0.25, 0.3) is 11.1 Å². The van der Waals surface area contributed by atoms with Crippen molar-refractivity contribution in [2.24, 2.45) is 5.92 Å². The summed E-state index contributed by atoms with van der Waals surface area (Å²) in [5.41, 5.74) is 1.74. The number of benzene rings is 1. The lowest BCUT2D eigenvalue weighted by atomic mass is 10.0. The number of hydrogen-bond donors (Lipinski definition) is 1. The quantitative estimate of drug-likeness (QED) is 0.879. The second-order valence-corrected chi connectivity index (χ2v) is 6.08. The molecule has 5 heteroatoms. The number of nitriles is 1. The number of aryl methyl sites for hydroxylation is 1. The molecule has 5 nitrogen and oxygen atoms in total. The van der Waals surface area contributed by atoms with Crippen molar-refractivity contribution in [2.45, 2.75) is 27.2 Å². The molecule has 0 spiro atoms. The van der Waals surface area contributed by atoms with Crippen LogP contribution in [0.5, 0.6) is 11.5 Å². The molecule has 0 radical (unpaired) electrons. The first-order valence-corrected chi connectivity index (χ1v) is 7.91. The molecule has 0 fully saturated rings. The molecule has 0 aliphatic rings. The van der Waals surface area contributed by atoms with E-state index in [0.717, 1.165) is 12.0 Å². The van der Waals surface area contributed by atoms with E-state index in [0.29, 0.717) is 35.3 Å². The molecule has 126 valence electrons. The maximum atomic E-state index is 12.0. The van der Waals surface area contributed by atoms with Gasteiger partial charge < -0.3 is 14.5 Å². The Hall–Kier alpha value is -2.74. The first-order valence-electron chi connectivity index (χ1n) is 7.91. The fourth-order valence-corrected chi connectivity index (χ4v) is 2.39. The van der Waals surface area contributed by atoms with Crippen LogP contribution in [0, 0.1) is 24.2 Å². The third-order valence-corrected chi connectivity index (χ3v) is 3.71. The molecule has 0 aliphatic heterocycles. The highest BCUT2D eigenvalue weighted by molar-refractivity contribution is 5.72. The van der Waals surface area contributed by atoms with Crippen molar-refractivity contribution in [3.05, 3.63) is 45.9 Å². The molecule has 24 heavy (non-hydrogen) atoms. The molecule has 1 N–H and O–H groups in total. The number of aromatic amines is 1. The molecule has 1 heterocycles. The van der Waals surface area contributed by atoms with Crippen molar-refractivity contribution in [1.82, 2.24) is 4.98 Å². The third kappa shape index (κ3) is 3.96. The summed E-state index contributed by atoms with van der Waals surface area (Å²) in [6.45, 7) is 6.68. The van der Waals surface area contributed by atoms with E-state index < -0.39 is 0 Å². The largest absolute Gasteiger partial charge is 0.493 e. The molecular weight excluding hydrogens is 304 g/mol. The van der Waals surface area contributed by atoms with Gasteiger partial charge in [0.1, 0.15) is 11.6 Å². The average Bonchev–Trinajstić information content (AvgIpc) is 2.54. The van der Waals surface area contributed by atoms with Crippen LogP contribution < -0.4 is 15.0 Å². The van der Waals surface area contributed by atoms with Gasteiger partial charge >= 0.3 is 0 Å². The summed E-state index contributed by atoms with van der Waals surface area (Å²) in [6.07, 6.45) is 0.955. The second-order valence-electron chi connectivity index (χ2n) is 6.08. The van der Waals surface area contributed by atoms with E-state index in [4.69, 9.17) is 9.47 Å². The Morgan fingerprint density at radius 2 is 2.00 bits per heavy atom. The van der Waals surface area contributed by atoms with Crippen LogP contribution in [0.3, 0.4) is 0 Å². The van der Waals surface area contributed by atoms with Gasteiger partial charge in [0.2, 0.25) is 0 Å². The van der Waals surface area contributed by atoms with Gasteiger partial charge in [0.15, 0.2) is 11.5 Å². The van der Waals surface area contributed by atoms with Gasteiger partial charge in [0.05, 0.1) is 13.7 Å². The van der Waals surface area contributed by atoms with E-state index >= 15 is 0 Å². The van der Waals surface area contributed by atoms with E-state index in [1.165, 1.54) is 0 Å². The molecule has 0 atom stereocenters. The summed E-state index contributed by atoms with van der Waals surface area (Å²) in [7, 11) is 1.57. The molecule has 2 rings (SSSR count). The number of rotatable bonds is 6. The Labute approximate surface area is 141 Å². The summed E-state index contributed by atoms with van der Waals surface area (Å²) >= 11 is 0. The van der Waals surface area contributed by atoms with E-state index in [2.05, 4.69) is 18.8 Å². The zero-order valence-corrected chi connectivity index (χ0v) is 14.5. The molecule has 0 bridgehead atoms. The highest BCUT2D eigenvalue weighted by Gasteiger charge is 2.13. The van der Waals surface area contributed by atoms with Crippen molar-refractivity contribution in [2.75, 3.05) is 13.7 Å². The summed E-state index contributed by atoms with van der Waals surface area (Å²) in [5.74, 6) is 1.80. The van der Waals surface area contributed by atoms with Gasteiger partial charge in [-0.15, -0.1) is 0 Å². The Morgan fingerprint density at radius 3 is 2.62 bits per heavy atom. The maximum Gasteiger partial charge on any atom is 0.266 e. The van der Waals surface area contributed by atoms with Gasteiger partial charge in [-0.2, -0.15) is 5.26 Å². The lowest BCUT2D eigenvalue weighted by Gasteiger charge is -2.14. The Kier molecular flexibility index (Phi) is 5.64. The van der Waals surface area contributed by atoms with Crippen LogP contribution in [0.4, 0.5) is 0 Å². The second kappa shape index (κ2) is 7.69. The lowest BCUT2D eigenvalue weighted by Crippen LogP contribution is -2.12. The van der Waals surface area contributed by atoms with Crippen LogP contribution in [0.1, 0.15) is 31.5 Å². The molecule has 1 aromatic heterocycles. The van der Waals surface area contributed by atoms with Crippen LogP contribution in [-0.2, 0) is 0 Å². The predicted molar refractivity (Wildman–Crippen MR) is 93.5 cm³/mol. The van der Waals surface area contributed by atoms with Gasteiger partial charge in [-0.3, -0.25) is 4.79 Å². The van der Waals surface area contributed by atoms with Crippen molar-refractivity contribution < 1.29 is 9.47 Å². The van der Waals surface area contributed by atoms with E-state index in [-0.39, 0.29) is 11.1 Å². The van der Waals surface area contributed by atoms with Gasteiger partial charge in [0, 0.05) is 11.3 Å². The molecule has 0 unspecified atom stereocenters. The van der Waals surface area contributed by atoms with Crippen LogP contribution in [0.2, 0.25) is 0 Å². The van der Waals surface area contributed by atoms with E-state index in [1.54, 1.807) is 26.2 Å². The molecular formula is C19H22N2O3. The highest BCUT2D eigenvalue weighted by Crippen LogP contribution is 2.33. The standard InChI is InChI=1S/C19H22N2O3/c1-12(2)7-8-24-17-6-5-14(10-18(17)23-4)15-9-13(3)21-19(22)16(15)11-20/h5-6,9-10,12H,7-8H2,1-4H3,(H,21,22). The SMILES string of the molecule is COc1cc(-c2cc(C)[nH]c(=O)c2C#N)ccc1OCCC(C)C. The van der Waals surface area contributed by atoms with Crippen molar-refractivity contribution in [1.29, 1.82) is 5.26 Å². The monoisotopic (exact) mass is 326 g/mol. The number of nitrogens with zero attached hydrogens (tertiary/aromatic N) is 1. The van der Waals surface area contributed by atoms with Crippen molar-refractivity contribution in [3.8, 4) is 28.7 Å². The highest BCUT2D eigenvalue weighted by atomic mass is 16.5. The molecule has 1 aromatic carbocycles. The topological polar surface area (TPSA) is 75.1 Å². The van der Waals surface area contributed by atoms with Gasteiger partial charge in [-0.25, -0.2) is 0 Å². The summed E-state index contributed by atoms with van der Waals surface area (Å²) in [5, 5.41) is 9.27. The average molecular weight is 326 g/mol. The Morgan fingerprint density at radius 1 is 1.25 bits per heavy atom. The van der Waals surface area contributed by atoms with E-state index in [9.17, 15) is 10.1 Å². The minimum Gasteiger partial charge on any atom is -0.493 e. The number of ether oxygens (including phenoxy) is 2. The normalized spacial score (nSPS) is 10.5. The number of H-pyrrole nitrogens is 1.